The molecule has 3 unspecified atom stereocenters. The Labute approximate surface area is 110 Å². The highest BCUT2D eigenvalue weighted by Crippen LogP contribution is 2.30. The summed E-state index contributed by atoms with van der Waals surface area (Å²) >= 11 is 2.19. The fraction of sp³-hybridized carbons (Fsp3) is 0.667. The number of hydrogen-bond donors (Lipinski definition) is 0. The summed E-state index contributed by atoms with van der Waals surface area (Å²) < 4.78 is 6.84. The summed E-state index contributed by atoms with van der Waals surface area (Å²) in [5.74, 6) is 1.56. The van der Waals surface area contributed by atoms with Gasteiger partial charge in [-0.05, 0) is 53.7 Å². The molecule has 1 saturated carbocycles. The van der Waals surface area contributed by atoms with Crippen LogP contribution < -0.4 is 4.74 Å². The minimum Gasteiger partial charge on any atom is -0.460 e. The molecule has 1 fully saturated rings. The summed E-state index contributed by atoms with van der Waals surface area (Å²) in [7, 11) is 0. The second kappa shape index (κ2) is 5.29. The number of rotatable bonds is 2. The first-order valence-electron chi connectivity index (χ1n) is 5.79. The monoisotopic (exact) mass is 332 g/mol. The van der Waals surface area contributed by atoms with Crippen LogP contribution in [0.3, 0.4) is 0 Å². The molecule has 1 aromatic rings. The molecule has 16 heavy (non-hydrogen) atoms. The van der Waals surface area contributed by atoms with Crippen LogP contribution >= 0.6 is 22.6 Å². The van der Waals surface area contributed by atoms with Gasteiger partial charge < -0.3 is 4.74 Å². The van der Waals surface area contributed by atoms with E-state index in [-0.39, 0.29) is 0 Å². The van der Waals surface area contributed by atoms with Crippen molar-refractivity contribution in [2.45, 2.75) is 39.2 Å². The molecule has 0 bridgehead atoms. The minimum absolute atomic E-state index is 0.297. The normalized spacial score (nSPS) is 30.1. The summed E-state index contributed by atoms with van der Waals surface area (Å²) in [5.41, 5.74) is 0. The molecule has 1 aromatic heterocycles. The third-order valence-electron chi connectivity index (χ3n) is 3.42. The zero-order chi connectivity index (χ0) is 11.5. The van der Waals surface area contributed by atoms with Crippen LogP contribution in [0.4, 0.5) is 0 Å². The maximum absolute atomic E-state index is 5.80. The van der Waals surface area contributed by atoms with E-state index in [1.54, 1.807) is 12.4 Å². The highest BCUT2D eigenvalue weighted by molar-refractivity contribution is 14.1. The van der Waals surface area contributed by atoms with Crippen LogP contribution in [0.2, 0.25) is 0 Å². The molecule has 3 atom stereocenters. The van der Waals surface area contributed by atoms with Gasteiger partial charge in [0.05, 0.1) is 0 Å². The average Bonchev–Trinajstić information content (AvgIpc) is 2.27. The lowest BCUT2D eigenvalue weighted by Gasteiger charge is -2.31. The summed E-state index contributed by atoms with van der Waals surface area (Å²) in [6.07, 6.45) is 7.37. The Balaban J connectivity index is 1.93. The van der Waals surface area contributed by atoms with E-state index in [1.807, 2.05) is 0 Å². The Hall–Kier alpha value is -0.390. The van der Waals surface area contributed by atoms with Gasteiger partial charge in [-0.2, -0.15) is 0 Å². The Morgan fingerprint density at radius 1 is 1.19 bits per heavy atom. The Kier molecular flexibility index (Phi) is 4.00. The van der Waals surface area contributed by atoms with E-state index in [0.29, 0.717) is 12.1 Å². The van der Waals surface area contributed by atoms with Gasteiger partial charge in [0.25, 0.3) is 0 Å². The van der Waals surface area contributed by atoms with Gasteiger partial charge in [-0.25, -0.2) is 9.97 Å². The number of hydrogen-bond acceptors (Lipinski definition) is 3. The molecular formula is C12H17IN2O. The first-order chi connectivity index (χ1) is 7.65. The van der Waals surface area contributed by atoms with Crippen molar-refractivity contribution >= 4 is 22.6 Å². The number of nitrogens with zero attached hydrogens (tertiary/aromatic N) is 2. The van der Waals surface area contributed by atoms with Crippen molar-refractivity contribution in [1.82, 2.24) is 9.97 Å². The second-order valence-electron chi connectivity index (χ2n) is 4.69. The zero-order valence-corrected chi connectivity index (χ0v) is 11.8. The molecule has 0 spiro atoms. The van der Waals surface area contributed by atoms with Gasteiger partial charge in [0.2, 0.25) is 0 Å². The van der Waals surface area contributed by atoms with Crippen LogP contribution in [0.1, 0.15) is 33.1 Å². The topological polar surface area (TPSA) is 35.0 Å². The molecule has 3 nitrogen and oxygen atoms in total. The Morgan fingerprint density at radius 2 is 1.88 bits per heavy atom. The van der Waals surface area contributed by atoms with Crippen LogP contribution in [0.5, 0.6) is 6.01 Å². The van der Waals surface area contributed by atoms with Crippen LogP contribution in [-0.4, -0.2) is 16.1 Å². The molecule has 1 aliphatic rings. The van der Waals surface area contributed by atoms with Crippen LogP contribution in [0.25, 0.3) is 0 Å². The van der Waals surface area contributed by atoms with Crippen molar-refractivity contribution in [3.05, 3.63) is 16.0 Å². The SMILES string of the molecule is CC1CCC(Oc2ncc(I)cn2)CC1C. The maximum atomic E-state index is 5.80. The molecular weight excluding hydrogens is 315 g/mol. The molecule has 88 valence electrons. The van der Waals surface area contributed by atoms with Crippen LogP contribution in [0, 0.1) is 15.4 Å². The number of ether oxygens (including phenoxy) is 1. The average molecular weight is 332 g/mol. The van der Waals surface area contributed by atoms with Gasteiger partial charge in [-0.3, -0.25) is 0 Å². The largest absolute Gasteiger partial charge is 0.460 e. The van der Waals surface area contributed by atoms with Crippen molar-refractivity contribution in [2.24, 2.45) is 11.8 Å². The minimum atomic E-state index is 0.297. The second-order valence-corrected chi connectivity index (χ2v) is 5.94. The zero-order valence-electron chi connectivity index (χ0n) is 9.69. The van der Waals surface area contributed by atoms with E-state index in [9.17, 15) is 0 Å². The lowest BCUT2D eigenvalue weighted by molar-refractivity contribution is 0.0918. The summed E-state index contributed by atoms with van der Waals surface area (Å²) in [4.78, 5) is 8.35. The van der Waals surface area contributed by atoms with Crippen LogP contribution in [-0.2, 0) is 0 Å². The van der Waals surface area contributed by atoms with E-state index >= 15 is 0 Å². The van der Waals surface area contributed by atoms with Crippen molar-refractivity contribution in [3.63, 3.8) is 0 Å². The Bertz CT molecular complexity index is 341. The maximum Gasteiger partial charge on any atom is 0.316 e. The Morgan fingerprint density at radius 3 is 2.50 bits per heavy atom. The predicted molar refractivity (Wildman–Crippen MR) is 71.3 cm³/mol. The van der Waals surface area contributed by atoms with E-state index in [4.69, 9.17) is 4.74 Å². The molecule has 0 aliphatic heterocycles. The molecule has 1 aliphatic carbocycles. The summed E-state index contributed by atoms with van der Waals surface area (Å²) in [5, 5.41) is 0. The first-order valence-corrected chi connectivity index (χ1v) is 6.87. The molecule has 0 saturated heterocycles. The van der Waals surface area contributed by atoms with Crippen LogP contribution in [0.15, 0.2) is 12.4 Å². The molecule has 4 heteroatoms. The van der Waals surface area contributed by atoms with E-state index < -0.39 is 0 Å². The van der Waals surface area contributed by atoms with Gasteiger partial charge in [-0.15, -0.1) is 0 Å². The smallest absolute Gasteiger partial charge is 0.316 e. The molecule has 0 N–H and O–H groups in total. The summed E-state index contributed by atoms with van der Waals surface area (Å²) in [6, 6.07) is 0.521. The fourth-order valence-electron chi connectivity index (χ4n) is 2.12. The quantitative estimate of drug-likeness (QED) is 0.780. The van der Waals surface area contributed by atoms with E-state index in [2.05, 4.69) is 46.4 Å². The van der Waals surface area contributed by atoms with Crippen molar-refractivity contribution < 1.29 is 4.74 Å². The standard InChI is InChI=1S/C12H17IN2O/c1-8-3-4-11(5-9(8)2)16-12-14-6-10(13)7-15-12/h6-9,11H,3-5H2,1-2H3. The summed E-state index contributed by atoms with van der Waals surface area (Å²) in [6.45, 7) is 4.62. The van der Waals surface area contributed by atoms with Crippen molar-refractivity contribution in [2.75, 3.05) is 0 Å². The fourth-order valence-corrected chi connectivity index (χ4v) is 2.39. The van der Waals surface area contributed by atoms with Gasteiger partial charge in [-0.1, -0.05) is 13.8 Å². The van der Waals surface area contributed by atoms with Gasteiger partial charge >= 0.3 is 6.01 Å². The lowest BCUT2D eigenvalue weighted by Crippen LogP contribution is -2.29. The van der Waals surface area contributed by atoms with Crippen molar-refractivity contribution in [3.8, 4) is 6.01 Å². The first kappa shape index (κ1) is 12.1. The molecule has 0 aromatic carbocycles. The molecule has 2 rings (SSSR count). The molecule has 0 amide bonds. The van der Waals surface area contributed by atoms with Crippen molar-refractivity contribution in [1.29, 1.82) is 0 Å². The third kappa shape index (κ3) is 3.06. The highest BCUT2D eigenvalue weighted by Gasteiger charge is 2.26. The van der Waals surface area contributed by atoms with Gasteiger partial charge in [0.1, 0.15) is 6.10 Å². The van der Waals surface area contributed by atoms with Gasteiger partial charge in [0, 0.05) is 16.0 Å². The van der Waals surface area contributed by atoms with E-state index in [1.165, 1.54) is 6.42 Å². The molecule has 1 heterocycles. The number of halogens is 1. The lowest BCUT2D eigenvalue weighted by atomic mass is 9.80. The molecule has 0 radical (unpaired) electrons. The highest BCUT2D eigenvalue weighted by atomic mass is 127. The third-order valence-corrected chi connectivity index (χ3v) is 3.98. The van der Waals surface area contributed by atoms with Gasteiger partial charge in [0.15, 0.2) is 0 Å². The predicted octanol–water partition coefficient (Wildman–Crippen LogP) is 3.28. The number of aromatic nitrogens is 2. The van der Waals surface area contributed by atoms with E-state index in [0.717, 1.165) is 28.2 Å².